The third-order valence-corrected chi connectivity index (χ3v) is 4.56. The van der Waals surface area contributed by atoms with Crippen molar-refractivity contribution in [3.05, 3.63) is 59.5 Å². The van der Waals surface area contributed by atoms with Crippen molar-refractivity contribution in [3.63, 3.8) is 0 Å². The highest BCUT2D eigenvalue weighted by Gasteiger charge is 2.48. The molecule has 136 valence electrons. The van der Waals surface area contributed by atoms with Crippen molar-refractivity contribution in [1.29, 1.82) is 0 Å². The molecule has 6 atom stereocenters. The van der Waals surface area contributed by atoms with Crippen LogP contribution in [0.1, 0.15) is 11.9 Å². The largest absolute Gasteiger partial charge is 0.394 e. The van der Waals surface area contributed by atoms with E-state index in [1.54, 1.807) is 6.08 Å². The van der Waals surface area contributed by atoms with E-state index in [2.05, 4.69) is 19.2 Å². The SMILES string of the molecule is C=C/C(=C\S)C1O[C@H]([C@H](O)CO)[C@@H]2OC(c3ccccc3)OC[C@@H]2O1. The third-order valence-electron chi connectivity index (χ3n) is 4.26. The number of ether oxygens (including phenoxy) is 4. The summed E-state index contributed by atoms with van der Waals surface area (Å²) in [6.07, 6.45) is -2.69. The first-order valence-corrected chi connectivity index (χ1v) is 8.58. The molecular weight excluding hydrogens is 344 g/mol. The molecule has 6 nitrogen and oxygen atoms in total. The summed E-state index contributed by atoms with van der Waals surface area (Å²) in [6.45, 7) is 3.53. The van der Waals surface area contributed by atoms with Crippen LogP contribution in [0.2, 0.25) is 0 Å². The lowest BCUT2D eigenvalue weighted by molar-refractivity contribution is -0.362. The van der Waals surface area contributed by atoms with Crippen molar-refractivity contribution >= 4 is 12.6 Å². The summed E-state index contributed by atoms with van der Waals surface area (Å²) in [4.78, 5) is 0. The minimum absolute atomic E-state index is 0.274. The van der Waals surface area contributed by atoms with Gasteiger partial charge in [-0.25, -0.2) is 0 Å². The third kappa shape index (κ3) is 3.98. The number of rotatable bonds is 5. The minimum atomic E-state index is -1.11. The summed E-state index contributed by atoms with van der Waals surface area (Å²) in [5.41, 5.74) is 1.48. The molecule has 0 amide bonds. The summed E-state index contributed by atoms with van der Waals surface area (Å²) in [5, 5.41) is 21.1. The lowest BCUT2D eigenvalue weighted by atomic mass is 9.99. The topological polar surface area (TPSA) is 77.4 Å². The molecule has 1 aromatic rings. The maximum absolute atomic E-state index is 10.2. The molecule has 7 heteroatoms. The van der Waals surface area contributed by atoms with Crippen molar-refractivity contribution in [2.24, 2.45) is 0 Å². The second-order valence-corrected chi connectivity index (χ2v) is 6.13. The van der Waals surface area contributed by atoms with Gasteiger partial charge in [0, 0.05) is 11.1 Å². The van der Waals surface area contributed by atoms with Crippen LogP contribution in [0.3, 0.4) is 0 Å². The Hall–Kier alpha value is -1.19. The Morgan fingerprint density at radius 2 is 2.04 bits per heavy atom. The highest BCUT2D eigenvalue weighted by molar-refractivity contribution is 7.83. The predicted octanol–water partition coefficient (Wildman–Crippen LogP) is 1.56. The Labute approximate surface area is 152 Å². The van der Waals surface area contributed by atoms with Gasteiger partial charge in [0.25, 0.3) is 0 Å². The number of hydrogen-bond acceptors (Lipinski definition) is 7. The van der Waals surface area contributed by atoms with Crippen LogP contribution >= 0.6 is 12.6 Å². The Bertz CT molecular complexity index is 607. The van der Waals surface area contributed by atoms with Gasteiger partial charge in [0.2, 0.25) is 0 Å². The van der Waals surface area contributed by atoms with Crippen LogP contribution in [-0.2, 0) is 18.9 Å². The average molecular weight is 366 g/mol. The van der Waals surface area contributed by atoms with Gasteiger partial charge >= 0.3 is 0 Å². The second-order valence-electron chi connectivity index (χ2n) is 5.87. The van der Waals surface area contributed by atoms with Gasteiger partial charge in [-0.05, 0) is 5.41 Å². The highest BCUT2D eigenvalue weighted by atomic mass is 32.1. The van der Waals surface area contributed by atoms with E-state index in [0.29, 0.717) is 5.57 Å². The molecule has 3 rings (SSSR count). The zero-order chi connectivity index (χ0) is 17.8. The van der Waals surface area contributed by atoms with Gasteiger partial charge in [0.15, 0.2) is 12.6 Å². The molecular formula is C18H22O6S. The van der Waals surface area contributed by atoms with Crippen LogP contribution in [0.15, 0.2) is 54.0 Å². The van der Waals surface area contributed by atoms with Crippen LogP contribution in [0.25, 0.3) is 0 Å². The molecule has 0 aliphatic carbocycles. The quantitative estimate of drug-likeness (QED) is 0.542. The van der Waals surface area contributed by atoms with Gasteiger partial charge in [0.1, 0.15) is 24.4 Å². The molecule has 0 aromatic heterocycles. The molecule has 2 N–H and O–H groups in total. The van der Waals surface area contributed by atoms with Crippen LogP contribution in [-0.4, -0.2) is 54.1 Å². The fourth-order valence-corrected chi connectivity index (χ4v) is 3.16. The van der Waals surface area contributed by atoms with E-state index in [1.165, 1.54) is 5.41 Å². The fourth-order valence-electron chi connectivity index (χ4n) is 2.93. The number of benzene rings is 1. The van der Waals surface area contributed by atoms with Crippen LogP contribution in [0, 0.1) is 0 Å². The molecule has 2 aliphatic heterocycles. The maximum atomic E-state index is 10.2. The van der Waals surface area contributed by atoms with E-state index >= 15 is 0 Å². The summed E-state index contributed by atoms with van der Waals surface area (Å²) in [6, 6.07) is 9.49. The van der Waals surface area contributed by atoms with Crippen LogP contribution < -0.4 is 0 Å². The zero-order valence-corrected chi connectivity index (χ0v) is 14.5. The van der Waals surface area contributed by atoms with E-state index in [0.717, 1.165) is 5.56 Å². The van der Waals surface area contributed by atoms with E-state index in [4.69, 9.17) is 18.9 Å². The Balaban J connectivity index is 1.81. The fraction of sp³-hybridized carbons (Fsp3) is 0.444. The van der Waals surface area contributed by atoms with Gasteiger partial charge < -0.3 is 29.2 Å². The first-order chi connectivity index (χ1) is 12.2. The standard InChI is InChI=1S/C18H22O6S/c1-2-11(10-25)18-22-14-9-21-17(12-6-4-3-5-7-12)24-16(14)15(23-18)13(20)8-19/h2-7,10,13-20,25H,1,8-9H2/b11-10+/t13-,14+,15-,16-,17?,18?/m1/s1. The molecule has 0 bridgehead atoms. The van der Waals surface area contributed by atoms with Crippen molar-refractivity contribution < 1.29 is 29.2 Å². The van der Waals surface area contributed by atoms with E-state index in [-0.39, 0.29) is 6.61 Å². The molecule has 2 fully saturated rings. The van der Waals surface area contributed by atoms with Gasteiger partial charge in [0.05, 0.1) is 13.2 Å². The lowest BCUT2D eigenvalue weighted by Gasteiger charge is -2.47. The molecule has 2 saturated heterocycles. The summed E-state index contributed by atoms with van der Waals surface area (Å²) in [7, 11) is 0. The molecule has 1 aromatic carbocycles. The van der Waals surface area contributed by atoms with Crippen molar-refractivity contribution in [2.75, 3.05) is 13.2 Å². The first kappa shape index (κ1) is 18.6. The molecule has 2 aliphatic rings. The van der Waals surface area contributed by atoms with Crippen molar-refractivity contribution in [2.45, 2.75) is 37.0 Å². The number of aliphatic hydroxyl groups is 2. The Morgan fingerprint density at radius 3 is 2.68 bits per heavy atom. The van der Waals surface area contributed by atoms with Gasteiger partial charge in [-0.1, -0.05) is 43.0 Å². The average Bonchev–Trinajstić information content (AvgIpc) is 2.68. The molecule has 25 heavy (non-hydrogen) atoms. The van der Waals surface area contributed by atoms with Crippen LogP contribution in [0.5, 0.6) is 0 Å². The van der Waals surface area contributed by atoms with Crippen LogP contribution in [0.4, 0.5) is 0 Å². The summed E-state index contributed by atoms with van der Waals surface area (Å²) < 4.78 is 23.5. The molecule has 2 unspecified atom stereocenters. The predicted molar refractivity (Wildman–Crippen MR) is 93.9 cm³/mol. The molecule has 0 radical (unpaired) electrons. The minimum Gasteiger partial charge on any atom is -0.394 e. The smallest absolute Gasteiger partial charge is 0.185 e. The van der Waals surface area contributed by atoms with E-state index < -0.39 is 43.6 Å². The van der Waals surface area contributed by atoms with E-state index in [1.807, 2.05) is 30.3 Å². The molecule has 0 spiro atoms. The van der Waals surface area contributed by atoms with Gasteiger partial charge in [-0.2, -0.15) is 12.6 Å². The van der Waals surface area contributed by atoms with Crippen molar-refractivity contribution in [3.8, 4) is 0 Å². The second kappa shape index (κ2) is 8.46. The number of fused-ring (bicyclic) bond motifs is 1. The normalized spacial score (nSPS) is 34.2. The van der Waals surface area contributed by atoms with Gasteiger partial charge in [-0.15, -0.1) is 0 Å². The first-order valence-electron chi connectivity index (χ1n) is 8.06. The Kier molecular flexibility index (Phi) is 6.29. The summed E-state index contributed by atoms with van der Waals surface area (Å²) >= 11 is 4.12. The summed E-state index contributed by atoms with van der Waals surface area (Å²) in [5.74, 6) is 0. The maximum Gasteiger partial charge on any atom is 0.185 e. The monoisotopic (exact) mass is 366 g/mol. The van der Waals surface area contributed by atoms with Crippen molar-refractivity contribution in [1.82, 2.24) is 0 Å². The number of hydrogen-bond donors (Lipinski definition) is 3. The Morgan fingerprint density at radius 1 is 1.28 bits per heavy atom. The number of aliphatic hydroxyl groups excluding tert-OH is 2. The van der Waals surface area contributed by atoms with Gasteiger partial charge in [-0.3, -0.25) is 0 Å². The molecule has 0 saturated carbocycles. The zero-order valence-electron chi connectivity index (χ0n) is 13.6. The van der Waals surface area contributed by atoms with E-state index in [9.17, 15) is 10.2 Å². The number of thiol groups is 1. The highest BCUT2D eigenvalue weighted by Crippen LogP contribution is 2.36. The lowest BCUT2D eigenvalue weighted by Crippen LogP contribution is -2.60. The molecule has 2 heterocycles.